The van der Waals surface area contributed by atoms with Gasteiger partial charge in [-0.3, -0.25) is 4.79 Å². The van der Waals surface area contributed by atoms with Gasteiger partial charge in [-0.25, -0.2) is 4.98 Å². The summed E-state index contributed by atoms with van der Waals surface area (Å²) in [5.41, 5.74) is 1.84. The second kappa shape index (κ2) is 8.80. The van der Waals surface area contributed by atoms with Crippen LogP contribution in [0, 0.1) is 0 Å². The van der Waals surface area contributed by atoms with E-state index in [1.807, 2.05) is 54.6 Å². The van der Waals surface area contributed by atoms with Crippen molar-refractivity contribution in [3.05, 3.63) is 101 Å². The summed E-state index contributed by atoms with van der Waals surface area (Å²) in [7, 11) is 0. The number of oxazole rings is 1. The summed E-state index contributed by atoms with van der Waals surface area (Å²) >= 11 is 5.91. The Morgan fingerprint density at radius 3 is 2.55 bits per heavy atom. The fourth-order valence-electron chi connectivity index (χ4n) is 3.05. The van der Waals surface area contributed by atoms with Crippen LogP contribution in [-0.2, 0) is 11.2 Å². The van der Waals surface area contributed by atoms with Crippen LogP contribution in [0.15, 0.2) is 88.0 Å². The first-order valence-electron chi connectivity index (χ1n) is 9.27. The molecule has 0 aliphatic carbocycles. The van der Waals surface area contributed by atoms with Gasteiger partial charge in [-0.1, -0.05) is 41.9 Å². The van der Waals surface area contributed by atoms with Gasteiger partial charge in [0.2, 0.25) is 5.91 Å². The number of carbonyl (C=O) groups is 1. The van der Waals surface area contributed by atoms with Crippen molar-refractivity contribution in [2.75, 3.05) is 0 Å². The number of benzene rings is 2. The largest absolute Gasteiger partial charge is 0.467 e. The molecule has 1 unspecified atom stereocenters. The van der Waals surface area contributed by atoms with Gasteiger partial charge in [-0.15, -0.1) is 0 Å². The smallest absolute Gasteiger partial charge is 0.221 e. The first-order chi connectivity index (χ1) is 14.2. The minimum Gasteiger partial charge on any atom is -0.467 e. The number of amides is 1. The van der Waals surface area contributed by atoms with E-state index in [0.29, 0.717) is 28.9 Å². The normalized spacial score (nSPS) is 11.9. The van der Waals surface area contributed by atoms with Gasteiger partial charge in [0.1, 0.15) is 11.8 Å². The molecule has 0 bridgehead atoms. The maximum absolute atomic E-state index is 12.6. The van der Waals surface area contributed by atoms with E-state index in [1.54, 1.807) is 24.6 Å². The molecule has 2 heterocycles. The summed E-state index contributed by atoms with van der Waals surface area (Å²) in [4.78, 5) is 16.8. The summed E-state index contributed by atoms with van der Waals surface area (Å²) in [6.45, 7) is 0. The van der Waals surface area contributed by atoms with Gasteiger partial charge in [0, 0.05) is 23.4 Å². The van der Waals surface area contributed by atoms with Crippen molar-refractivity contribution >= 4 is 17.5 Å². The molecular formula is C23H19ClN2O3. The quantitative estimate of drug-likeness (QED) is 0.444. The lowest BCUT2D eigenvalue weighted by molar-refractivity contribution is -0.121. The monoisotopic (exact) mass is 406 g/mol. The maximum atomic E-state index is 12.6. The van der Waals surface area contributed by atoms with Crippen molar-refractivity contribution in [3.63, 3.8) is 0 Å². The Labute approximate surface area is 173 Å². The van der Waals surface area contributed by atoms with Crippen molar-refractivity contribution in [2.45, 2.75) is 18.9 Å². The van der Waals surface area contributed by atoms with Crippen LogP contribution in [0.2, 0.25) is 5.02 Å². The molecule has 4 rings (SSSR count). The Balaban J connectivity index is 1.40. The van der Waals surface area contributed by atoms with Crippen molar-refractivity contribution in [1.82, 2.24) is 10.3 Å². The first-order valence-corrected chi connectivity index (χ1v) is 9.65. The second-order valence-corrected chi connectivity index (χ2v) is 6.99. The first kappa shape index (κ1) is 19.0. The highest BCUT2D eigenvalue weighted by Crippen LogP contribution is 2.24. The summed E-state index contributed by atoms with van der Waals surface area (Å²) < 4.78 is 11.3. The fourth-order valence-corrected chi connectivity index (χ4v) is 3.17. The van der Waals surface area contributed by atoms with Crippen LogP contribution >= 0.6 is 11.6 Å². The number of hydrogen-bond acceptors (Lipinski definition) is 4. The number of hydrogen-bond donors (Lipinski definition) is 1. The van der Waals surface area contributed by atoms with Crippen LogP contribution in [0.5, 0.6) is 0 Å². The van der Waals surface area contributed by atoms with E-state index >= 15 is 0 Å². The molecule has 2 aromatic carbocycles. The number of aromatic nitrogens is 1. The van der Waals surface area contributed by atoms with Crippen LogP contribution in [0.4, 0.5) is 0 Å². The molecule has 0 saturated heterocycles. The predicted octanol–water partition coefficient (Wildman–Crippen LogP) is 5.43. The van der Waals surface area contributed by atoms with Gasteiger partial charge in [-0.2, -0.15) is 0 Å². The van der Waals surface area contributed by atoms with Crippen LogP contribution in [-0.4, -0.2) is 10.9 Å². The number of aryl methyl sites for hydroxylation is 1. The Morgan fingerprint density at radius 1 is 1.03 bits per heavy atom. The molecule has 5 nitrogen and oxygen atoms in total. The third-order valence-electron chi connectivity index (χ3n) is 4.51. The van der Waals surface area contributed by atoms with Crippen molar-refractivity contribution in [2.24, 2.45) is 0 Å². The number of nitrogens with one attached hydrogen (secondary N) is 1. The van der Waals surface area contributed by atoms with Crippen LogP contribution < -0.4 is 5.32 Å². The lowest BCUT2D eigenvalue weighted by Crippen LogP contribution is -2.29. The molecular weight excluding hydrogens is 388 g/mol. The second-order valence-electron chi connectivity index (χ2n) is 6.55. The van der Waals surface area contributed by atoms with Gasteiger partial charge < -0.3 is 14.2 Å². The number of furan rings is 1. The van der Waals surface area contributed by atoms with Crippen LogP contribution in [0.3, 0.4) is 0 Å². The lowest BCUT2D eigenvalue weighted by atomic mass is 10.0. The zero-order valence-electron chi connectivity index (χ0n) is 15.5. The van der Waals surface area contributed by atoms with Gasteiger partial charge in [0.05, 0.1) is 12.5 Å². The summed E-state index contributed by atoms with van der Waals surface area (Å²) in [6, 6.07) is 20.4. The Hall–Kier alpha value is -3.31. The number of rotatable bonds is 7. The van der Waals surface area contributed by atoms with E-state index in [0.717, 1.165) is 11.1 Å². The molecule has 0 saturated carbocycles. The van der Waals surface area contributed by atoms with Crippen LogP contribution in [0.1, 0.15) is 29.7 Å². The molecule has 0 spiro atoms. The standard InChI is InChI=1S/C23H19ClN2O3/c24-18-10-8-16(9-11-18)20-15-25-22(29-20)13-12-21(27)26-23(19-7-4-14-28-19)17-5-2-1-3-6-17/h1-11,14-15,23H,12-13H2,(H,26,27). The molecule has 146 valence electrons. The van der Waals surface area contributed by atoms with Gasteiger partial charge >= 0.3 is 0 Å². The molecule has 4 aromatic rings. The van der Waals surface area contributed by atoms with E-state index in [-0.39, 0.29) is 18.4 Å². The predicted molar refractivity (Wildman–Crippen MR) is 110 cm³/mol. The SMILES string of the molecule is O=C(CCc1ncc(-c2ccc(Cl)cc2)o1)NC(c1ccccc1)c1ccco1. The van der Waals surface area contributed by atoms with Gasteiger partial charge in [0.25, 0.3) is 0 Å². The van der Waals surface area contributed by atoms with E-state index in [4.69, 9.17) is 20.4 Å². The van der Waals surface area contributed by atoms with Crippen LogP contribution in [0.25, 0.3) is 11.3 Å². The topological polar surface area (TPSA) is 68.3 Å². The average Bonchev–Trinajstić information content (AvgIpc) is 3.44. The van der Waals surface area contributed by atoms with Crippen molar-refractivity contribution in [3.8, 4) is 11.3 Å². The third-order valence-corrected chi connectivity index (χ3v) is 4.77. The number of nitrogens with zero attached hydrogens (tertiary/aromatic N) is 1. The molecule has 1 N–H and O–H groups in total. The van der Waals surface area contributed by atoms with Gasteiger partial charge in [0.15, 0.2) is 11.7 Å². The van der Waals surface area contributed by atoms with E-state index < -0.39 is 0 Å². The number of halogens is 1. The van der Waals surface area contributed by atoms with Gasteiger partial charge in [-0.05, 0) is 42.0 Å². The Kier molecular flexibility index (Phi) is 5.77. The Morgan fingerprint density at radius 2 is 1.83 bits per heavy atom. The van der Waals surface area contributed by atoms with E-state index in [9.17, 15) is 4.79 Å². The molecule has 1 atom stereocenters. The summed E-state index contributed by atoms with van der Waals surface area (Å²) in [6.07, 6.45) is 3.91. The maximum Gasteiger partial charge on any atom is 0.221 e. The highest BCUT2D eigenvalue weighted by atomic mass is 35.5. The fraction of sp³-hybridized carbons (Fsp3) is 0.130. The molecule has 1 amide bonds. The average molecular weight is 407 g/mol. The van der Waals surface area contributed by atoms with E-state index in [2.05, 4.69) is 10.3 Å². The van der Waals surface area contributed by atoms with Crippen molar-refractivity contribution < 1.29 is 13.6 Å². The summed E-state index contributed by atoms with van der Waals surface area (Å²) in [5, 5.41) is 3.70. The zero-order valence-corrected chi connectivity index (χ0v) is 16.3. The summed E-state index contributed by atoms with van der Waals surface area (Å²) in [5.74, 6) is 1.74. The van der Waals surface area contributed by atoms with E-state index in [1.165, 1.54) is 0 Å². The minimum atomic E-state index is -0.340. The highest BCUT2D eigenvalue weighted by molar-refractivity contribution is 6.30. The molecule has 29 heavy (non-hydrogen) atoms. The number of carbonyl (C=O) groups excluding carboxylic acids is 1. The molecule has 0 radical (unpaired) electrons. The third kappa shape index (κ3) is 4.76. The van der Waals surface area contributed by atoms with Crippen molar-refractivity contribution in [1.29, 1.82) is 0 Å². The Bertz CT molecular complexity index is 1060. The molecule has 0 aliphatic heterocycles. The lowest BCUT2D eigenvalue weighted by Gasteiger charge is -2.17. The molecule has 0 fully saturated rings. The molecule has 0 aliphatic rings. The molecule has 2 aromatic heterocycles. The zero-order chi connectivity index (χ0) is 20.1. The molecule has 6 heteroatoms. The minimum absolute atomic E-state index is 0.110. The highest BCUT2D eigenvalue weighted by Gasteiger charge is 2.19.